The van der Waals surface area contributed by atoms with E-state index in [-0.39, 0.29) is 0 Å². The van der Waals surface area contributed by atoms with Crippen molar-refractivity contribution in [3.8, 4) is 0 Å². The van der Waals surface area contributed by atoms with Crippen molar-refractivity contribution in [3.63, 3.8) is 0 Å². The highest BCUT2D eigenvalue weighted by molar-refractivity contribution is 5.83. The topological polar surface area (TPSA) is 21.6 Å². The maximum Gasteiger partial charge on any atom is 0.135 e. The lowest BCUT2D eigenvalue weighted by Gasteiger charge is -2.41. The number of nitrogens with zero attached hydrogens (tertiary/aromatic N) is 1. The van der Waals surface area contributed by atoms with Crippen molar-refractivity contribution in [2.45, 2.75) is 110 Å². The van der Waals surface area contributed by atoms with Crippen molar-refractivity contribution in [2.75, 3.05) is 6.61 Å². The molecule has 0 amide bonds. The quantitative estimate of drug-likeness (QED) is 0.126. The third-order valence-corrected chi connectivity index (χ3v) is 8.21. The second kappa shape index (κ2) is 13.2. The number of unbranched alkanes of at least 4 members (excludes halogenated alkanes) is 2. The van der Waals surface area contributed by atoms with Crippen LogP contribution >= 0.6 is 0 Å². The standard InChI is InChI=1S/C31H47NO/c1-5-7-17-29(32-33-24-6-2)18-11-10-16-28-21-22-30-27(15-12-23-31(28,30)4)20-19-26-14-9-8-13-25(26)3/h6,19-21,30H,2-3,5,7-18,22-24H2,1,4H3/b26-19-,27-20+,32-29-/t30?,31-/m1/s1. The van der Waals surface area contributed by atoms with Crippen molar-refractivity contribution < 1.29 is 4.84 Å². The van der Waals surface area contributed by atoms with Gasteiger partial charge in [-0.05, 0) is 107 Å². The molecule has 0 aromatic heterocycles. The van der Waals surface area contributed by atoms with Crippen molar-refractivity contribution in [3.05, 3.63) is 59.8 Å². The molecule has 2 saturated carbocycles. The molecule has 2 heteroatoms. The summed E-state index contributed by atoms with van der Waals surface area (Å²) in [5.41, 5.74) is 7.89. The van der Waals surface area contributed by atoms with Gasteiger partial charge in [-0.1, -0.05) is 79.6 Å². The van der Waals surface area contributed by atoms with Crippen LogP contribution in [-0.4, -0.2) is 12.3 Å². The minimum Gasteiger partial charge on any atom is -0.392 e. The average molecular weight is 450 g/mol. The van der Waals surface area contributed by atoms with Crippen molar-refractivity contribution in [1.29, 1.82) is 0 Å². The first kappa shape index (κ1) is 25.8. The van der Waals surface area contributed by atoms with Gasteiger partial charge >= 0.3 is 0 Å². The SMILES string of the molecule is C=CCO/N=C(/CCCC)CCCCC1=CCC2/C(=C/C=C3/CCCCC3=C)CCC[C@]12C. The van der Waals surface area contributed by atoms with Gasteiger partial charge in [0, 0.05) is 0 Å². The van der Waals surface area contributed by atoms with Gasteiger partial charge in [0.15, 0.2) is 0 Å². The van der Waals surface area contributed by atoms with Crippen LogP contribution in [0, 0.1) is 11.3 Å². The van der Waals surface area contributed by atoms with Gasteiger partial charge in [0.25, 0.3) is 0 Å². The zero-order chi connectivity index (χ0) is 23.5. The molecule has 3 rings (SSSR count). The molecule has 2 atom stereocenters. The van der Waals surface area contributed by atoms with Crippen LogP contribution in [0.25, 0.3) is 0 Å². The maximum atomic E-state index is 5.39. The van der Waals surface area contributed by atoms with E-state index in [0.29, 0.717) is 17.9 Å². The first-order chi connectivity index (χ1) is 16.1. The summed E-state index contributed by atoms with van der Waals surface area (Å²) in [6.07, 6.45) is 27.7. The van der Waals surface area contributed by atoms with Gasteiger partial charge in [-0.15, -0.1) is 0 Å². The van der Waals surface area contributed by atoms with Crippen LogP contribution in [0.15, 0.2) is 64.9 Å². The van der Waals surface area contributed by atoms with Crippen molar-refractivity contribution in [2.24, 2.45) is 16.5 Å². The molecule has 0 saturated heterocycles. The van der Waals surface area contributed by atoms with Crippen LogP contribution in [0.1, 0.15) is 110 Å². The third kappa shape index (κ3) is 7.08. The summed E-state index contributed by atoms with van der Waals surface area (Å²) in [6, 6.07) is 0. The molecule has 2 nitrogen and oxygen atoms in total. The summed E-state index contributed by atoms with van der Waals surface area (Å²) >= 11 is 0. The third-order valence-electron chi connectivity index (χ3n) is 8.21. The van der Waals surface area contributed by atoms with Crippen LogP contribution in [-0.2, 0) is 4.84 Å². The Labute approximate surface area is 203 Å². The minimum absolute atomic E-state index is 0.373. The fraction of sp³-hybridized carbons (Fsp3) is 0.645. The second-order valence-corrected chi connectivity index (χ2v) is 10.6. The number of hydrogen-bond acceptors (Lipinski definition) is 2. The Balaban J connectivity index is 1.54. The van der Waals surface area contributed by atoms with Gasteiger partial charge in [-0.3, -0.25) is 0 Å². The fourth-order valence-corrected chi connectivity index (χ4v) is 6.12. The minimum atomic E-state index is 0.373. The van der Waals surface area contributed by atoms with E-state index in [2.05, 4.69) is 50.4 Å². The summed E-state index contributed by atoms with van der Waals surface area (Å²) in [5.74, 6) is 0.712. The van der Waals surface area contributed by atoms with Crippen LogP contribution in [0.5, 0.6) is 0 Å². The summed E-state index contributed by atoms with van der Waals surface area (Å²) in [7, 11) is 0. The molecule has 0 radical (unpaired) electrons. The molecule has 182 valence electrons. The monoisotopic (exact) mass is 449 g/mol. The summed E-state index contributed by atoms with van der Waals surface area (Å²) < 4.78 is 0. The number of allylic oxidation sites excluding steroid dienone is 7. The molecule has 1 unspecified atom stereocenters. The molecule has 0 spiro atoms. The normalized spacial score (nSPS) is 28.2. The number of oxime groups is 1. The smallest absolute Gasteiger partial charge is 0.135 e. The first-order valence-corrected chi connectivity index (χ1v) is 13.6. The Morgan fingerprint density at radius 1 is 1.12 bits per heavy atom. The van der Waals surface area contributed by atoms with Gasteiger partial charge in [0.1, 0.15) is 6.61 Å². The fourth-order valence-electron chi connectivity index (χ4n) is 6.12. The van der Waals surface area contributed by atoms with Crippen LogP contribution in [0.3, 0.4) is 0 Å². The highest BCUT2D eigenvalue weighted by Crippen LogP contribution is 2.55. The predicted molar refractivity (Wildman–Crippen MR) is 143 cm³/mol. The van der Waals surface area contributed by atoms with E-state index in [1.807, 2.05) is 0 Å². The number of hydrogen-bond donors (Lipinski definition) is 0. The Kier molecular flexibility index (Phi) is 10.3. The Hall–Kier alpha value is -1.83. The van der Waals surface area contributed by atoms with E-state index in [0.717, 1.165) is 12.8 Å². The molecular weight excluding hydrogens is 402 g/mol. The number of rotatable bonds is 12. The molecule has 0 N–H and O–H groups in total. The highest BCUT2D eigenvalue weighted by atomic mass is 16.6. The van der Waals surface area contributed by atoms with Crippen LogP contribution in [0.2, 0.25) is 0 Å². The average Bonchev–Trinajstić information content (AvgIpc) is 3.16. The van der Waals surface area contributed by atoms with E-state index in [1.165, 1.54) is 100 Å². The summed E-state index contributed by atoms with van der Waals surface area (Å²) in [5, 5.41) is 4.39. The zero-order valence-electron chi connectivity index (χ0n) is 21.5. The molecule has 0 heterocycles. The van der Waals surface area contributed by atoms with Crippen molar-refractivity contribution in [1.82, 2.24) is 0 Å². The van der Waals surface area contributed by atoms with Crippen LogP contribution < -0.4 is 0 Å². The maximum absolute atomic E-state index is 5.39. The molecule has 2 fully saturated rings. The van der Waals surface area contributed by atoms with Gasteiger partial charge in [0.2, 0.25) is 0 Å². The Morgan fingerprint density at radius 2 is 1.94 bits per heavy atom. The molecule has 0 aliphatic heterocycles. The van der Waals surface area contributed by atoms with Gasteiger partial charge < -0.3 is 4.84 Å². The van der Waals surface area contributed by atoms with Gasteiger partial charge in [-0.25, -0.2) is 0 Å². The largest absolute Gasteiger partial charge is 0.392 e. The number of fused-ring (bicyclic) bond motifs is 1. The van der Waals surface area contributed by atoms with Gasteiger partial charge in [-0.2, -0.15) is 0 Å². The molecule has 0 bridgehead atoms. The van der Waals surface area contributed by atoms with E-state index in [4.69, 9.17) is 4.84 Å². The lowest BCUT2D eigenvalue weighted by molar-refractivity contribution is 0.173. The predicted octanol–water partition coefficient (Wildman–Crippen LogP) is 9.42. The lowest BCUT2D eigenvalue weighted by atomic mass is 9.63. The van der Waals surface area contributed by atoms with E-state index in [9.17, 15) is 0 Å². The molecule has 3 aliphatic carbocycles. The molecule has 0 aromatic carbocycles. The Bertz CT molecular complexity index is 796. The molecule has 3 aliphatic rings. The van der Waals surface area contributed by atoms with E-state index in [1.54, 1.807) is 17.2 Å². The van der Waals surface area contributed by atoms with Crippen molar-refractivity contribution >= 4 is 5.71 Å². The summed E-state index contributed by atoms with van der Waals surface area (Å²) in [4.78, 5) is 5.39. The first-order valence-electron chi connectivity index (χ1n) is 13.6. The molecule has 0 aromatic rings. The Morgan fingerprint density at radius 3 is 2.73 bits per heavy atom. The molecule has 33 heavy (non-hydrogen) atoms. The highest BCUT2D eigenvalue weighted by Gasteiger charge is 2.44. The molecular formula is C31H47NO. The van der Waals surface area contributed by atoms with E-state index >= 15 is 0 Å². The second-order valence-electron chi connectivity index (χ2n) is 10.6. The zero-order valence-corrected chi connectivity index (χ0v) is 21.5. The lowest BCUT2D eigenvalue weighted by Crippen LogP contribution is -2.30. The van der Waals surface area contributed by atoms with Gasteiger partial charge in [0.05, 0.1) is 5.71 Å². The van der Waals surface area contributed by atoms with E-state index < -0.39 is 0 Å². The van der Waals surface area contributed by atoms with Crippen LogP contribution in [0.4, 0.5) is 0 Å². The summed E-state index contributed by atoms with van der Waals surface area (Å²) in [6.45, 7) is 13.3.